The Morgan fingerprint density at radius 3 is 2.60 bits per heavy atom. The van der Waals surface area contributed by atoms with Gasteiger partial charge in [0.05, 0.1) is 12.8 Å². The van der Waals surface area contributed by atoms with Gasteiger partial charge in [-0.25, -0.2) is 0 Å². The minimum absolute atomic E-state index is 0.0580. The van der Waals surface area contributed by atoms with Gasteiger partial charge in [-0.1, -0.05) is 0 Å². The van der Waals surface area contributed by atoms with Crippen LogP contribution in [0, 0.1) is 0 Å². The third kappa shape index (κ3) is 3.06. The average Bonchev–Trinajstić information content (AvgIpc) is 2.98. The van der Waals surface area contributed by atoms with Crippen molar-refractivity contribution >= 4 is 11.6 Å². The molecule has 0 saturated heterocycles. The van der Waals surface area contributed by atoms with E-state index in [1.54, 1.807) is 36.5 Å². The molecule has 0 amide bonds. The highest BCUT2D eigenvalue weighted by Crippen LogP contribution is 2.28. The van der Waals surface area contributed by atoms with Crippen LogP contribution in [-0.2, 0) is 0 Å². The van der Waals surface area contributed by atoms with Gasteiger partial charge in [-0.2, -0.15) is 0 Å². The Morgan fingerprint density at radius 1 is 1.20 bits per heavy atom. The first-order chi connectivity index (χ1) is 9.61. The van der Waals surface area contributed by atoms with E-state index < -0.39 is 0 Å². The van der Waals surface area contributed by atoms with Crippen molar-refractivity contribution in [3.63, 3.8) is 0 Å². The Balaban J connectivity index is 2.09. The molecular formula is C15H15NO4. The molecule has 0 aliphatic rings. The van der Waals surface area contributed by atoms with Gasteiger partial charge >= 0.3 is 0 Å². The summed E-state index contributed by atoms with van der Waals surface area (Å²) < 4.78 is 10.6. The minimum Gasteiger partial charge on any atom is -0.493 e. The number of Topliss-reactive ketones (excluding diaryl/α,β-unsaturated/α-hetero) is 2. The molecular weight excluding hydrogens is 258 g/mol. The van der Waals surface area contributed by atoms with Gasteiger partial charge in [0, 0.05) is 11.8 Å². The SMILES string of the molecule is COc1cc(C(C)=O)ccc1OCC(=O)c1ccc[nH]1. The molecule has 0 saturated carbocycles. The number of ketones is 2. The van der Waals surface area contributed by atoms with Crippen LogP contribution in [0.15, 0.2) is 36.5 Å². The Bertz CT molecular complexity index is 617. The van der Waals surface area contributed by atoms with Crippen molar-refractivity contribution in [1.82, 2.24) is 4.98 Å². The fourth-order valence-corrected chi connectivity index (χ4v) is 1.73. The molecule has 104 valence electrons. The minimum atomic E-state index is -0.160. The fourth-order valence-electron chi connectivity index (χ4n) is 1.73. The molecule has 1 heterocycles. The molecule has 0 radical (unpaired) electrons. The Labute approximate surface area is 116 Å². The van der Waals surface area contributed by atoms with Gasteiger partial charge in [0.1, 0.15) is 0 Å². The van der Waals surface area contributed by atoms with Crippen molar-refractivity contribution in [2.24, 2.45) is 0 Å². The maximum Gasteiger partial charge on any atom is 0.216 e. The molecule has 1 N–H and O–H groups in total. The van der Waals surface area contributed by atoms with Gasteiger partial charge < -0.3 is 14.5 Å². The molecule has 0 aliphatic heterocycles. The zero-order chi connectivity index (χ0) is 14.5. The number of benzene rings is 1. The molecule has 0 atom stereocenters. The second kappa shape index (κ2) is 6.06. The maximum absolute atomic E-state index is 11.8. The summed E-state index contributed by atoms with van der Waals surface area (Å²) in [6, 6.07) is 8.28. The highest BCUT2D eigenvalue weighted by molar-refractivity contribution is 5.96. The van der Waals surface area contributed by atoms with E-state index in [-0.39, 0.29) is 18.2 Å². The van der Waals surface area contributed by atoms with Gasteiger partial charge in [0.2, 0.25) is 5.78 Å². The van der Waals surface area contributed by atoms with Crippen LogP contribution >= 0.6 is 0 Å². The lowest BCUT2D eigenvalue weighted by molar-refractivity contribution is 0.0914. The van der Waals surface area contributed by atoms with Crippen LogP contribution in [0.2, 0.25) is 0 Å². The van der Waals surface area contributed by atoms with Crippen molar-refractivity contribution in [3.05, 3.63) is 47.8 Å². The van der Waals surface area contributed by atoms with E-state index in [0.717, 1.165) is 0 Å². The number of hydrogen-bond donors (Lipinski definition) is 1. The van der Waals surface area contributed by atoms with Crippen LogP contribution in [0.3, 0.4) is 0 Å². The molecule has 20 heavy (non-hydrogen) atoms. The molecule has 0 aliphatic carbocycles. The smallest absolute Gasteiger partial charge is 0.216 e. The van der Waals surface area contributed by atoms with Crippen LogP contribution in [0.1, 0.15) is 27.8 Å². The van der Waals surface area contributed by atoms with Crippen LogP contribution in [0.5, 0.6) is 11.5 Å². The maximum atomic E-state index is 11.8. The summed E-state index contributed by atoms with van der Waals surface area (Å²) in [5.41, 5.74) is 1.02. The van der Waals surface area contributed by atoms with E-state index in [9.17, 15) is 9.59 Å². The number of hydrogen-bond acceptors (Lipinski definition) is 4. The molecule has 1 aromatic heterocycles. The zero-order valence-electron chi connectivity index (χ0n) is 11.3. The first-order valence-electron chi connectivity index (χ1n) is 6.10. The number of nitrogens with one attached hydrogen (secondary N) is 1. The van der Waals surface area contributed by atoms with Crippen molar-refractivity contribution in [2.75, 3.05) is 13.7 Å². The van der Waals surface area contributed by atoms with E-state index in [0.29, 0.717) is 22.8 Å². The first kappa shape index (κ1) is 13.9. The summed E-state index contributed by atoms with van der Waals surface area (Å²) >= 11 is 0. The standard InChI is InChI=1S/C15H15NO4/c1-10(17)11-5-6-14(15(8-11)19-2)20-9-13(18)12-4-3-7-16-12/h3-8,16H,9H2,1-2H3. The van der Waals surface area contributed by atoms with E-state index in [1.807, 2.05) is 0 Å². The van der Waals surface area contributed by atoms with Crippen LogP contribution in [-0.4, -0.2) is 30.3 Å². The highest BCUT2D eigenvalue weighted by Gasteiger charge is 2.11. The third-order valence-electron chi connectivity index (χ3n) is 2.83. The molecule has 2 rings (SSSR count). The Morgan fingerprint density at radius 2 is 2.00 bits per heavy atom. The van der Waals surface area contributed by atoms with Gasteiger partial charge in [-0.05, 0) is 37.3 Å². The van der Waals surface area contributed by atoms with Crippen molar-refractivity contribution in [2.45, 2.75) is 6.92 Å². The van der Waals surface area contributed by atoms with Gasteiger partial charge in [-0.15, -0.1) is 0 Å². The normalized spacial score (nSPS) is 10.1. The lowest BCUT2D eigenvalue weighted by atomic mass is 10.1. The first-order valence-corrected chi connectivity index (χ1v) is 6.10. The number of aromatic amines is 1. The summed E-state index contributed by atoms with van der Waals surface area (Å²) in [5, 5.41) is 0. The number of ether oxygens (including phenoxy) is 2. The topological polar surface area (TPSA) is 68.4 Å². The molecule has 2 aromatic rings. The lowest BCUT2D eigenvalue weighted by Crippen LogP contribution is -2.12. The monoisotopic (exact) mass is 273 g/mol. The number of rotatable bonds is 6. The van der Waals surface area contributed by atoms with Gasteiger partial charge in [-0.3, -0.25) is 9.59 Å². The second-order valence-corrected chi connectivity index (χ2v) is 4.22. The fraction of sp³-hybridized carbons (Fsp3) is 0.200. The van der Waals surface area contributed by atoms with Crippen LogP contribution < -0.4 is 9.47 Å². The van der Waals surface area contributed by atoms with Gasteiger partial charge in [0.25, 0.3) is 0 Å². The van der Waals surface area contributed by atoms with Crippen molar-refractivity contribution in [1.29, 1.82) is 0 Å². The number of carbonyl (C=O) groups excluding carboxylic acids is 2. The quantitative estimate of drug-likeness (QED) is 0.821. The van der Waals surface area contributed by atoms with Crippen molar-refractivity contribution in [3.8, 4) is 11.5 Å². The van der Waals surface area contributed by atoms with Crippen LogP contribution in [0.4, 0.5) is 0 Å². The summed E-state index contributed by atoms with van der Waals surface area (Å²) in [6.07, 6.45) is 1.68. The van der Waals surface area contributed by atoms with Crippen LogP contribution in [0.25, 0.3) is 0 Å². The summed E-state index contributed by atoms with van der Waals surface area (Å²) in [5.74, 6) is 0.638. The zero-order valence-corrected chi connectivity index (χ0v) is 11.3. The van der Waals surface area contributed by atoms with E-state index in [1.165, 1.54) is 14.0 Å². The average molecular weight is 273 g/mol. The Kier molecular flexibility index (Phi) is 4.20. The largest absolute Gasteiger partial charge is 0.493 e. The second-order valence-electron chi connectivity index (χ2n) is 4.22. The number of methoxy groups -OCH3 is 1. The molecule has 0 bridgehead atoms. The number of H-pyrrole nitrogens is 1. The van der Waals surface area contributed by atoms with Gasteiger partial charge in [0.15, 0.2) is 23.9 Å². The highest BCUT2D eigenvalue weighted by atomic mass is 16.5. The number of carbonyl (C=O) groups is 2. The molecule has 5 heteroatoms. The van der Waals surface area contributed by atoms with E-state index in [2.05, 4.69) is 4.98 Å². The molecule has 5 nitrogen and oxygen atoms in total. The molecule has 0 unspecified atom stereocenters. The van der Waals surface area contributed by atoms with Crippen molar-refractivity contribution < 1.29 is 19.1 Å². The summed E-state index contributed by atoms with van der Waals surface area (Å²) in [4.78, 5) is 25.9. The van der Waals surface area contributed by atoms with E-state index in [4.69, 9.17) is 9.47 Å². The summed E-state index contributed by atoms with van der Waals surface area (Å²) in [7, 11) is 1.49. The Hall–Kier alpha value is -2.56. The predicted octanol–water partition coefficient (Wildman–Crippen LogP) is 2.49. The number of aromatic nitrogens is 1. The predicted molar refractivity (Wildman–Crippen MR) is 73.6 cm³/mol. The lowest BCUT2D eigenvalue weighted by Gasteiger charge is -2.10. The molecule has 1 aromatic carbocycles. The van der Waals surface area contributed by atoms with E-state index >= 15 is 0 Å². The molecule has 0 fully saturated rings. The summed E-state index contributed by atoms with van der Waals surface area (Å²) in [6.45, 7) is 1.38. The third-order valence-corrected chi connectivity index (χ3v) is 2.83. The molecule has 0 spiro atoms.